The van der Waals surface area contributed by atoms with Crippen LogP contribution in [-0.4, -0.2) is 34.0 Å². The summed E-state index contributed by atoms with van der Waals surface area (Å²) >= 11 is 0. The predicted molar refractivity (Wildman–Crippen MR) is 107 cm³/mol. The van der Waals surface area contributed by atoms with Crippen molar-refractivity contribution in [2.75, 3.05) is 19.6 Å². The average Bonchev–Trinajstić information content (AvgIpc) is 2.67. The number of hydrogen-bond donors (Lipinski definition) is 3. The molecule has 3 N–H and O–H groups in total. The second-order valence-corrected chi connectivity index (χ2v) is 8.03. The molecule has 2 aromatic carbocycles. The van der Waals surface area contributed by atoms with Crippen molar-refractivity contribution in [2.45, 2.75) is 31.7 Å². The highest BCUT2D eigenvalue weighted by atomic mass is 32.2. The van der Waals surface area contributed by atoms with Gasteiger partial charge in [0.05, 0.1) is 4.90 Å². The number of benzene rings is 2. The van der Waals surface area contributed by atoms with E-state index >= 15 is 0 Å². The molecule has 0 saturated carbocycles. The first-order valence-electron chi connectivity index (χ1n) is 9.07. The van der Waals surface area contributed by atoms with Gasteiger partial charge in [-0.05, 0) is 43.1 Å². The van der Waals surface area contributed by atoms with Gasteiger partial charge in [0.25, 0.3) is 5.91 Å². The lowest BCUT2D eigenvalue weighted by Crippen LogP contribution is -2.32. The summed E-state index contributed by atoms with van der Waals surface area (Å²) in [7, 11) is -3.72. The highest BCUT2D eigenvalue weighted by Gasteiger charge is 2.19. The summed E-state index contributed by atoms with van der Waals surface area (Å²) in [5, 5.41) is 6.00. The first kappa shape index (κ1) is 21.1. The maximum atomic E-state index is 12.7. The van der Waals surface area contributed by atoms with Gasteiger partial charge >= 0.3 is 0 Å². The van der Waals surface area contributed by atoms with Crippen molar-refractivity contribution in [1.82, 2.24) is 15.4 Å². The van der Waals surface area contributed by atoms with E-state index in [-0.39, 0.29) is 17.3 Å². The summed E-state index contributed by atoms with van der Waals surface area (Å²) in [6.07, 6.45) is 1.03. The Morgan fingerprint density at radius 1 is 1.00 bits per heavy atom. The average molecular weight is 390 g/mol. The molecule has 2 aromatic rings. The van der Waals surface area contributed by atoms with Crippen molar-refractivity contribution in [1.29, 1.82) is 0 Å². The van der Waals surface area contributed by atoms with Crippen LogP contribution in [0.5, 0.6) is 0 Å². The lowest BCUT2D eigenvalue weighted by atomic mass is 10.1. The van der Waals surface area contributed by atoms with E-state index in [0.717, 1.165) is 18.5 Å². The molecule has 7 heteroatoms. The zero-order valence-electron chi connectivity index (χ0n) is 15.8. The molecule has 0 aliphatic carbocycles. The van der Waals surface area contributed by atoms with E-state index in [1.165, 1.54) is 6.07 Å². The Hall–Kier alpha value is -2.22. The molecule has 0 saturated heterocycles. The molecule has 0 aliphatic heterocycles. The van der Waals surface area contributed by atoms with Gasteiger partial charge in [-0.25, -0.2) is 13.1 Å². The smallest absolute Gasteiger partial charge is 0.251 e. The quantitative estimate of drug-likeness (QED) is 0.544. The summed E-state index contributed by atoms with van der Waals surface area (Å²) in [4.78, 5) is 12.4. The number of sulfonamides is 1. The molecule has 1 amide bonds. The second-order valence-electron chi connectivity index (χ2n) is 6.30. The molecule has 0 heterocycles. The normalized spacial score (nSPS) is 11.3. The molecule has 0 fully saturated rings. The topological polar surface area (TPSA) is 87.3 Å². The SMILES string of the molecule is CCCNCCNC(=O)c1ccc(C)c(S(=O)(=O)NCc2ccccc2)c1. The first-order valence-corrected chi connectivity index (χ1v) is 10.6. The Kier molecular flexibility index (Phi) is 7.97. The van der Waals surface area contributed by atoms with E-state index in [1.54, 1.807) is 19.1 Å². The Morgan fingerprint density at radius 3 is 2.44 bits per heavy atom. The molecular weight excluding hydrogens is 362 g/mol. The van der Waals surface area contributed by atoms with Gasteiger partial charge in [-0.3, -0.25) is 4.79 Å². The van der Waals surface area contributed by atoms with E-state index in [9.17, 15) is 13.2 Å². The van der Waals surface area contributed by atoms with Crippen LogP contribution in [0.4, 0.5) is 0 Å². The molecule has 6 nitrogen and oxygen atoms in total. The molecule has 0 spiro atoms. The largest absolute Gasteiger partial charge is 0.351 e. The van der Waals surface area contributed by atoms with E-state index in [2.05, 4.69) is 22.3 Å². The van der Waals surface area contributed by atoms with Crippen molar-refractivity contribution in [3.8, 4) is 0 Å². The van der Waals surface area contributed by atoms with E-state index in [0.29, 0.717) is 24.2 Å². The minimum atomic E-state index is -3.72. The molecule has 0 unspecified atom stereocenters. The number of hydrogen-bond acceptors (Lipinski definition) is 4. The van der Waals surface area contributed by atoms with Crippen LogP contribution in [0.3, 0.4) is 0 Å². The molecule has 0 bridgehead atoms. The standard InChI is InChI=1S/C20H27N3O3S/c1-3-11-21-12-13-22-20(24)18-10-9-16(2)19(14-18)27(25,26)23-15-17-7-5-4-6-8-17/h4-10,14,21,23H,3,11-13,15H2,1-2H3,(H,22,24). The number of carbonyl (C=O) groups excluding carboxylic acids is 1. The third-order valence-corrected chi connectivity index (χ3v) is 5.61. The molecule has 27 heavy (non-hydrogen) atoms. The summed E-state index contributed by atoms with van der Waals surface area (Å²) in [6, 6.07) is 14.0. The maximum absolute atomic E-state index is 12.7. The molecule has 146 valence electrons. The van der Waals surface area contributed by atoms with E-state index < -0.39 is 10.0 Å². The van der Waals surface area contributed by atoms with Crippen molar-refractivity contribution >= 4 is 15.9 Å². The summed E-state index contributed by atoms with van der Waals surface area (Å²) in [5.41, 5.74) is 1.79. The number of aryl methyl sites for hydroxylation is 1. The number of carbonyl (C=O) groups is 1. The minimum Gasteiger partial charge on any atom is -0.351 e. The molecule has 0 radical (unpaired) electrons. The van der Waals surface area contributed by atoms with Gasteiger partial charge in [0.2, 0.25) is 10.0 Å². The van der Waals surface area contributed by atoms with Gasteiger partial charge in [0.15, 0.2) is 0 Å². The highest BCUT2D eigenvalue weighted by Crippen LogP contribution is 2.17. The van der Waals surface area contributed by atoms with Crippen LogP contribution in [0.25, 0.3) is 0 Å². The van der Waals surface area contributed by atoms with Gasteiger partial charge in [-0.15, -0.1) is 0 Å². The van der Waals surface area contributed by atoms with Gasteiger partial charge in [0, 0.05) is 25.2 Å². The second kappa shape index (κ2) is 10.2. The fourth-order valence-corrected chi connectivity index (χ4v) is 3.84. The lowest BCUT2D eigenvalue weighted by Gasteiger charge is -2.12. The fraction of sp³-hybridized carbons (Fsp3) is 0.350. The summed E-state index contributed by atoms with van der Waals surface area (Å²) in [6.45, 7) is 6.05. The number of nitrogens with one attached hydrogen (secondary N) is 3. The predicted octanol–water partition coefficient (Wildman–Crippen LogP) is 2.20. The Labute approximate surface area is 161 Å². The van der Waals surface area contributed by atoms with E-state index in [1.807, 2.05) is 30.3 Å². The first-order chi connectivity index (χ1) is 12.9. The van der Waals surface area contributed by atoms with Crippen LogP contribution in [-0.2, 0) is 16.6 Å². The molecule has 0 aromatic heterocycles. The fourth-order valence-electron chi connectivity index (χ4n) is 2.55. The lowest BCUT2D eigenvalue weighted by molar-refractivity contribution is 0.0953. The van der Waals surface area contributed by atoms with Crippen LogP contribution in [0, 0.1) is 6.92 Å². The number of rotatable bonds is 10. The zero-order valence-corrected chi connectivity index (χ0v) is 16.6. The molecular formula is C20H27N3O3S. The van der Waals surface area contributed by atoms with Gasteiger partial charge < -0.3 is 10.6 Å². The number of amides is 1. The van der Waals surface area contributed by atoms with Crippen molar-refractivity contribution < 1.29 is 13.2 Å². The molecule has 0 aliphatic rings. The minimum absolute atomic E-state index is 0.121. The zero-order chi connectivity index (χ0) is 19.7. The third-order valence-electron chi connectivity index (χ3n) is 4.06. The third kappa shape index (κ3) is 6.46. The Morgan fingerprint density at radius 2 is 1.74 bits per heavy atom. The van der Waals surface area contributed by atoms with E-state index in [4.69, 9.17) is 0 Å². The van der Waals surface area contributed by atoms with Crippen LogP contribution in [0.15, 0.2) is 53.4 Å². The summed E-state index contributed by atoms with van der Waals surface area (Å²) in [5.74, 6) is -0.284. The highest BCUT2D eigenvalue weighted by molar-refractivity contribution is 7.89. The van der Waals surface area contributed by atoms with Crippen molar-refractivity contribution in [3.05, 3.63) is 65.2 Å². The van der Waals surface area contributed by atoms with Crippen LogP contribution in [0.2, 0.25) is 0 Å². The van der Waals surface area contributed by atoms with Crippen molar-refractivity contribution in [2.24, 2.45) is 0 Å². The molecule has 0 atom stereocenters. The summed E-state index contributed by atoms with van der Waals surface area (Å²) < 4.78 is 28.0. The Balaban J connectivity index is 2.05. The van der Waals surface area contributed by atoms with Crippen molar-refractivity contribution in [3.63, 3.8) is 0 Å². The van der Waals surface area contributed by atoms with Gasteiger partial charge in [-0.1, -0.05) is 43.3 Å². The maximum Gasteiger partial charge on any atom is 0.251 e. The van der Waals surface area contributed by atoms with Gasteiger partial charge in [-0.2, -0.15) is 0 Å². The van der Waals surface area contributed by atoms with Gasteiger partial charge in [0.1, 0.15) is 0 Å². The van der Waals surface area contributed by atoms with Crippen LogP contribution < -0.4 is 15.4 Å². The van der Waals surface area contributed by atoms with Crippen LogP contribution in [0.1, 0.15) is 34.8 Å². The Bertz CT molecular complexity index is 852. The van der Waals surface area contributed by atoms with Crippen LogP contribution >= 0.6 is 0 Å². The molecule has 2 rings (SSSR count). The monoisotopic (exact) mass is 389 g/mol.